The highest BCUT2D eigenvalue weighted by molar-refractivity contribution is 6.53. The molecule has 4 rings (SSSR count). The molecule has 9 heteroatoms. The zero-order chi connectivity index (χ0) is 24.4. The Balaban J connectivity index is 1.51. The van der Waals surface area contributed by atoms with Crippen LogP contribution in [-0.4, -0.2) is 24.8 Å². The molecule has 7 nitrogen and oxygen atoms in total. The molecule has 3 amide bonds. The maximum Gasteiger partial charge on any atom is 0.283 e. The highest BCUT2D eigenvalue weighted by Crippen LogP contribution is 2.33. The fraction of sp³-hybridized carbons (Fsp3) is 0.0800. The van der Waals surface area contributed by atoms with Gasteiger partial charge in [-0.1, -0.05) is 41.4 Å². The van der Waals surface area contributed by atoms with Crippen molar-refractivity contribution in [3.05, 3.63) is 93.6 Å². The zero-order valence-corrected chi connectivity index (χ0v) is 19.7. The van der Waals surface area contributed by atoms with E-state index in [1.54, 1.807) is 67.6 Å². The predicted octanol–water partition coefficient (Wildman–Crippen LogP) is 5.35. The quantitative estimate of drug-likeness (QED) is 0.450. The maximum atomic E-state index is 13.0. The monoisotopic (exact) mass is 495 g/mol. The number of nitrogens with one attached hydrogen (secondary N) is 2. The molecule has 0 atom stereocenters. The molecule has 0 aromatic heterocycles. The second-order valence-corrected chi connectivity index (χ2v) is 8.24. The average molecular weight is 496 g/mol. The topological polar surface area (TPSA) is 87.7 Å². The van der Waals surface area contributed by atoms with Crippen molar-refractivity contribution in [3.63, 3.8) is 0 Å². The van der Waals surface area contributed by atoms with Crippen molar-refractivity contribution in [1.82, 2.24) is 0 Å². The number of para-hydroxylation sites is 2. The minimum absolute atomic E-state index is 0.0581. The number of hydrogen-bond donors (Lipinski definition) is 2. The maximum absolute atomic E-state index is 13.0. The first-order valence-corrected chi connectivity index (χ1v) is 10.9. The van der Waals surface area contributed by atoms with Crippen LogP contribution in [0.15, 0.2) is 77.5 Å². The molecule has 0 unspecified atom stereocenters. The van der Waals surface area contributed by atoms with Gasteiger partial charge in [0, 0.05) is 16.3 Å². The molecule has 3 aromatic rings. The van der Waals surface area contributed by atoms with Gasteiger partial charge in [-0.3, -0.25) is 14.4 Å². The van der Waals surface area contributed by atoms with Gasteiger partial charge in [0.05, 0.1) is 18.5 Å². The summed E-state index contributed by atoms with van der Waals surface area (Å²) in [5.74, 6) is -1.03. The SMILES string of the molecule is COc1ccccc1NC(=O)c1ccc(NC2=C(Cl)C(=O)N(c3cc(Cl)ccc3C)C2=O)cc1. The lowest BCUT2D eigenvalue weighted by molar-refractivity contribution is -0.120. The molecule has 0 saturated heterocycles. The summed E-state index contributed by atoms with van der Waals surface area (Å²) >= 11 is 12.3. The largest absolute Gasteiger partial charge is 0.495 e. The molecule has 0 aliphatic carbocycles. The van der Waals surface area contributed by atoms with Gasteiger partial charge in [0.1, 0.15) is 16.5 Å². The number of methoxy groups -OCH3 is 1. The average Bonchev–Trinajstić information content (AvgIpc) is 3.04. The van der Waals surface area contributed by atoms with Crippen LogP contribution in [0.2, 0.25) is 5.02 Å². The first kappa shape index (κ1) is 23.4. The number of nitrogens with zero attached hydrogens (tertiary/aromatic N) is 1. The van der Waals surface area contributed by atoms with E-state index < -0.39 is 11.8 Å². The van der Waals surface area contributed by atoms with E-state index in [1.807, 2.05) is 0 Å². The van der Waals surface area contributed by atoms with Crippen molar-refractivity contribution in [2.24, 2.45) is 0 Å². The fourth-order valence-corrected chi connectivity index (χ4v) is 3.82. The summed E-state index contributed by atoms with van der Waals surface area (Å²) in [6.07, 6.45) is 0. The van der Waals surface area contributed by atoms with E-state index in [4.69, 9.17) is 27.9 Å². The third-order valence-corrected chi connectivity index (χ3v) is 5.80. The number of imide groups is 1. The molecule has 3 aromatic carbocycles. The highest BCUT2D eigenvalue weighted by atomic mass is 35.5. The second kappa shape index (κ2) is 9.59. The summed E-state index contributed by atoms with van der Waals surface area (Å²) in [5, 5.41) is 5.84. The van der Waals surface area contributed by atoms with E-state index in [0.29, 0.717) is 39.0 Å². The number of amides is 3. The van der Waals surface area contributed by atoms with Crippen molar-refractivity contribution in [3.8, 4) is 5.75 Å². The molecule has 172 valence electrons. The Labute approximate surface area is 205 Å². The van der Waals surface area contributed by atoms with E-state index in [9.17, 15) is 14.4 Å². The number of aryl methyl sites for hydroxylation is 1. The second-order valence-electron chi connectivity index (χ2n) is 7.42. The number of ether oxygens (including phenoxy) is 1. The summed E-state index contributed by atoms with van der Waals surface area (Å²) in [4.78, 5) is 39.3. The van der Waals surface area contributed by atoms with Crippen LogP contribution in [0.4, 0.5) is 17.1 Å². The van der Waals surface area contributed by atoms with Gasteiger partial charge in [-0.25, -0.2) is 4.90 Å². The molecule has 0 fully saturated rings. The molecule has 0 spiro atoms. The number of hydrogen-bond acceptors (Lipinski definition) is 5. The van der Waals surface area contributed by atoms with Gasteiger partial charge >= 0.3 is 0 Å². The Morgan fingerprint density at radius 3 is 2.35 bits per heavy atom. The summed E-state index contributed by atoms with van der Waals surface area (Å²) in [5.41, 5.74) is 2.41. The Hall–Kier alpha value is -3.81. The van der Waals surface area contributed by atoms with Crippen molar-refractivity contribution < 1.29 is 19.1 Å². The van der Waals surface area contributed by atoms with E-state index in [0.717, 1.165) is 4.90 Å². The molecule has 1 heterocycles. The summed E-state index contributed by atoms with van der Waals surface area (Å²) in [6, 6.07) is 18.4. The molecule has 1 aliphatic heterocycles. The van der Waals surface area contributed by atoms with Gasteiger partial charge in [0.2, 0.25) is 0 Å². The first-order chi connectivity index (χ1) is 16.3. The van der Waals surface area contributed by atoms with Gasteiger partial charge in [-0.2, -0.15) is 0 Å². The molecular formula is C25H19Cl2N3O4. The van der Waals surface area contributed by atoms with Crippen molar-refractivity contribution in [2.45, 2.75) is 6.92 Å². The van der Waals surface area contributed by atoms with Gasteiger partial charge in [-0.15, -0.1) is 0 Å². The van der Waals surface area contributed by atoms with Crippen LogP contribution in [0.1, 0.15) is 15.9 Å². The molecular weight excluding hydrogens is 477 g/mol. The number of rotatable bonds is 6. The van der Waals surface area contributed by atoms with Gasteiger partial charge in [0.15, 0.2) is 0 Å². The summed E-state index contributed by atoms with van der Waals surface area (Å²) in [7, 11) is 1.52. The van der Waals surface area contributed by atoms with E-state index in [1.165, 1.54) is 13.2 Å². The molecule has 0 bridgehead atoms. The number of halogens is 2. The number of anilines is 3. The Morgan fingerprint density at radius 1 is 0.941 bits per heavy atom. The van der Waals surface area contributed by atoms with Crippen LogP contribution < -0.4 is 20.3 Å². The van der Waals surface area contributed by atoms with Gasteiger partial charge in [0.25, 0.3) is 17.7 Å². The Kier molecular flexibility index (Phi) is 6.58. The van der Waals surface area contributed by atoms with E-state index in [2.05, 4.69) is 10.6 Å². The standard InChI is InChI=1S/C25H19Cl2N3O4/c1-14-7-10-16(26)13-19(14)30-24(32)21(27)22(25(30)33)28-17-11-8-15(9-12-17)23(31)29-18-5-3-4-6-20(18)34-2/h3-13,28H,1-2H3,(H,29,31). The molecule has 2 N–H and O–H groups in total. The lowest BCUT2D eigenvalue weighted by Gasteiger charge is -2.17. The number of benzene rings is 3. The van der Waals surface area contributed by atoms with Gasteiger partial charge in [-0.05, 0) is 61.0 Å². The molecule has 0 saturated carbocycles. The van der Waals surface area contributed by atoms with Crippen LogP contribution in [0.25, 0.3) is 0 Å². The van der Waals surface area contributed by atoms with Crippen molar-refractivity contribution in [1.29, 1.82) is 0 Å². The van der Waals surface area contributed by atoms with Crippen molar-refractivity contribution >= 4 is 58.0 Å². The summed E-state index contributed by atoms with van der Waals surface area (Å²) in [6.45, 7) is 1.76. The first-order valence-electron chi connectivity index (χ1n) is 10.2. The Bertz CT molecular complexity index is 1340. The third-order valence-electron chi connectivity index (χ3n) is 5.21. The van der Waals surface area contributed by atoms with Crippen LogP contribution in [-0.2, 0) is 9.59 Å². The highest BCUT2D eigenvalue weighted by Gasteiger charge is 2.39. The van der Waals surface area contributed by atoms with Gasteiger partial charge < -0.3 is 15.4 Å². The lowest BCUT2D eigenvalue weighted by atomic mass is 10.1. The molecule has 34 heavy (non-hydrogen) atoms. The van der Waals surface area contributed by atoms with E-state index in [-0.39, 0.29) is 16.6 Å². The van der Waals surface area contributed by atoms with Crippen LogP contribution in [0.5, 0.6) is 5.75 Å². The minimum Gasteiger partial charge on any atom is -0.495 e. The summed E-state index contributed by atoms with van der Waals surface area (Å²) < 4.78 is 5.25. The van der Waals surface area contributed by atoms with E-state index >= 15 is 0 Å². The number of carbonyl (C=O) groups excluding carboxylic acids is 3. The molecule has 1 aliphatic rings. The fourth-order valence-electron chi connectivity index (χ4n) is 3.45. The molecule has 0 radical (unpaired) electrons. The number of carbonyl (C=O) groups is 3. The smallest absolute Gasteiger partial charge is 0.283 e. The predicted molar refractivity (Wildman–Crippen MR) is 133 cm³/mol. The zero-order valence-electron chi connectivity index (χ0n) is 18.2. The van der Waals surface area contributed by atoms with Crippen LogP contribution in [0, 0.1) is 6.92 Å². The Morgan fingerprint density at radius 2 is 1.65 bits per heavy atom. The van der Waals surface area contributed by atoms with Crippen LogP contribution >= 0.6 is 23.2 Å². The van der Waals surface area contributed by atoms with Crippen molar-refractivity contribution in [2.75, 3.05) is 22.6 Å². The van der Waals surface area contributed by atoms with Crippen LogP contribution in [0.3, 0.4) is 0 Å². The minimum atomic E-state index is -0.646. The third kappa shape index (κ3) is 4.48. The lowest BCUT2D eigenvalue weighted by Crippen LogP contribution is -2.32. The normalized spacial score (nSPS) is 13.4.